The number of nitrogens with zero attached hydrogens (tertiary/aromatic N) is 2. The fraction of sp³-hybridized carbons (Fsp3) is 0.500. The van der Waals surface area contributed by atoms with E-state index in [0.717, 1.165) is 31.2 Å². The Morgan fingerprint density at radius 2 is 1.91 bits per heavy atom. The molecule has 1 atom stereocenters. The maximum Gasteiger partial charge on any atom is 0.246 e. The highest BCUT2D eigenvalue weighted by molar-refractivity contribution is 7.89. The molecular weight excluding hydrogens is 432 g/mol. The summed E-state index contributed by atoms with van der Waals surface area (Å²) >= 11 is 0. The third-order valence-corrected chi connectivity index (χ3v) is 7.20. The summed E-state index contributed by atoms with van der Waals surface area (Å²) in [6.07, 6.45) is 3.67. The molecule has 1 aromatic carbocycles. The lowest BCUT2D eigenvalue weighted by Crippen LogP contribution is -2.44. The monoisotopic (exact) mass is 462 g/mol. The van der Waals surface area contributed by atoms with Gasteiger partial charge in [0.25, 0.3) is 0 Å². The molecule has 9 nitrogen and oxygen atoms in total. The Morgan fingerprint density at radius 1 is 1.19 bits per heavy atom. The Bertz CT molecular complexity index is 1020. The minimum atomic E-state index is -3.97. The van der Waals surface area contributed by atoms with Gasteiger partial charge in [0.1, 0.15) is 10.6 Å². The topological polar surface area (TPSA) is 122 Å². The number of carbonyl (C=O) groups is 2. The Labute approximate surface area is 188 Å². The molecule has 0 aliphatic carbocycles. The number of sulfonamides is 1. The van der Waals surface area contributed by atoms with Gasteiger partial charge in [-0.05, 0) is 32.3 Å². The second kappa shape index (κ2) is 10.7. The van der Waals surface area contributed by atoms with Crippen molar-refractivity contribution >= 4 is 21.8 Å². The smallest absolute Gasteiger partial charge is 0.246 e. The molecule has 1 fully saturated rings. The number of aryl methyl sites for hydroxylation is 2. The standard InChI is InChI=1S/C22H30N4O5S/c1-16-22(17(2)31-25-16)32(29,30)24-15-21(28)26-13-9-4-3-8-12-23-20(27)14-19(26)18-10-6-5-7-11-18/h5-7,10-11,19,24H,3-4,8-9,12-15H2,1-2H3,(H,23,27)/t19-/m0/s1. The lowest BCUT2D eigenvalue weighted by atomic mass is 10.0. The number of hydrogen-bond acceptors (Lipinski definition) is 6. The number of aromatic nitrogens is 1. The summed E-state index contributed by atoms with van der Waals surface area (Å²) in [5, 5.41) is 6.60. The van der Waals surface area contributed by atoms with Crippen LogP contribution in [0.5, 0.6) is 0 Å². The first-order valence-corrected chi connectivity index (χ1v) is 12.3. The van der Waals surface area contributed by atoms with Crippen molar-refractivity contribution in [1.82, 2.24) is 20.1 Å². The van der Waals surface area contributed by atoms with Crippen molar-refractivity contribution < 1.29 is 22.5 Å². The van der Waals surface area contributed by atoms with Crippen molar-refractivity contribution in [1.29, 1.82) is 0 Å². The molecule has 174 valence electrons. The van der Waals surface area contributed by atoms with Gasteiger partial charge in [-0.2, -0.15) is 0 Å². The zero-order valence-corrected chi connectivity index (χ0v) is 19.3. The molecule has 1 saturated heterocycles. The first-order valence-electron chi connectivity index (χ1n) is 10.8. The van der Waals surface area contributed by atoms with Gasteiger partial charge in [-0.15, -0.1) is 0 Å². The van der Waals surface area contributed by atoms with Crippen LogP contribution in [0.2, 0.25) is 0 Å². The van der Waals surface area contributed by atoms with Crippen molar-refractivity contribution in [3.05, 3.63) is 47.3 Å². The predicted molar refractivity (Wildman–Crippen MR) is 118 cm³/mol. The molecule has 2 heterocycles. The quantitative estimate of drug-likeness (QED) is 0.703. The minimum Gasteiger partial charge on any atom is -0.360 e. The van der Waals surface area contributed by atoms with Crippen LogP contribution in [0.25, 0.3) is 0 Å². The molecule has 0 unspecified atom stereocenters. The van der Waals surface area contributed by atoms with E-state index in [0.29, 0.717) is 13.1 Å². The van der Waals surface area contributed by atoms with E-state index >= 15 is 0 Å². The van der Waals surface area contributed by atoms with Crippen LogP contribution in [-0.2, 0) is 19.6 Å². The predicted octanol–water partition coefficient (Wildman–Crippen LogP) is 2.22. The molecule has 10 heteroatoms. The van der Waals surface area contributed by atoms with Crippen LogP contribution in [0.1, 0.15) is 55.2 Å². The second-order valence-corrected chi connectivity index (χ2v) is 9.66. The van der Waals surface area contributed by atoms with Crippen LogP contribution in [0, 0.1) is 13.8 Å². The summed E-state index contributed by atoms with van der Waals surface area (Å²) in [6.45, 7) is 3.68. The van der Waals surface area contributed by atoms with Crippen LogP contribution in [-0.4, -0.2) is 49.9 Å². The highest BCUT2D eigenvalue weighted by atomic mass is 32.2. The number of hydrogen-bond donors (Lipinski definition) is 2. The molecule has 0 saturated carbocycles. The largest absolute Gasteiger partial charge is 0.360 e. The third kappa shape index (κ3) is 5.95. The van der Waals surface area contributed by atoms with Crippen molar-refractivity contribution in [2.24, 2.45) is 0 Å². The summed E-state index contributed by atoms with van der Waals surface area (Å²) in [7, 11) is -3.97. The molecule has 1 aliphatic heterocycles. The molecule has 2 amide bonds. The first-order chi connectivity index (χ1) is 15.3. The van der Waals surface area contributed by atoms with E-state index in [4.69, 9.17) is 4.52 Å². The Balaban J connectivity index is 1.83. The number of benzene rings is 1. The number of rotatable bonds is 5. The maximum atomic E-state index is 13.3. The summed E-state index contributed by atoms with van der Waals surface area (Å²) in [5.41, 5.74) is 1.07. The molecule has 1 aromatic heterocycles. The molecule has 32 heavy (non-hydrogen) atoms. The normalized spacial score (nSPS) is 18.6. The fourth-order valence-electron chi connectivity index (χ4n) is 3.96. The highest BCUT2D eigenvalue weighted by Gasteiger charge is 2.30. The number of carbonyl (C=O) groups excluding carboxylic acids is 2. The fourth-order valence-corrected chi connectivity index (χ4v) is 5.26. The lowest BCUT2D eigenvalue weighted by molar-refractivity contribution is -0.134. The molecule has 2 aromatic rings. The molecular formula is C22H30N4O5S. The van der Waals surface area contributed by atoms with E-state index in [1.54, 1.807) is 4.90 Å². The minimum absolute atomic E-state index is 0.0540. The van der Waals surface area contributed by atoms with Crippen molar-refractivity contribution in [2.75, 3.05) is 19.6 Å². The van der Waals surface area contributed by atoms with E-state index < -0.39 is 22.6 Å². The van der Waals surface area contributed by atoms with Gasteiger partial charge in [0.05, 0.1) is 19.0 Å². The average Bonchev–Trinajstić information content (AvgIpc) is 3.10. The van der Waals surface area contributed by atoms with Crippen molar-refractivity contribution in [3.8, 4) is 0 Å². The van der Waals surface area contributed by atoms with Gasteiger partial charge in [-0.1, -0.05) is 48.3 Å². The van der Waals surface area contributed by atoms with Gasteiger partial charge < -0.3 is 14.7 Å². The summed E-state index contributed by atoms with van der Waals surface area (Å²) < 4.78 is 32.8. The van der Waals surface area contributed by atoms with Crippen LogP contribution >= 0.6 is 0 Å². The Kier molecular flexibility index (Phi) is 8.03. The zero-order chi connectivity index (χ0) is 23.1. The van der Waals surface area contributed by atoms with Gasteiger partial charge in [-0.25, -0.2) is 13.1 Å². The molecule has 0 spiro atoms. The van der Waals surface area contributed by atoms with Crippen molar-refractivity contribution in [2.45, 2.75) is 56.9 Å². The van der Waals surface area contributed by atoms with Gasteiger partial charge in [0.2, 0.25) is 21.8 Å². The average molecular weight is 463 g/mol. The van der Waals surface area contributed by atoms with Gasteiger partial charge in [-0.3, -0.25) is 9.59 Å². The van der Waals surface area contributed by atoms with E-state index in [-0.39, 0.29) is 34.6 Å². The van der Waals surface area contributed by atoms with Crippen LogP contribution in [0.4, 0.5) is 0 Å². The second-order valence-electron chi connectivity index (χ2n) is 7.96. The van der Waals surface area contributed by atoms with Gasteiger partial charge >= 0.3 is 0 Å². The summed E-state index contributed by atoms with van der Waals surface area (Å²) in [4.78, 5) is 27.4. The van der Waals surface area contributed by atoms with Gasteiger partial charge in [0.15, 0.2) is 5.76 Å². The van der Waals surface area contributed by atoms with Crippen molar-refractivity contribution in [3.63, 3.8) is 0 Å². The van der Waals surface area contributed by atoms with E-state index in [2.05, 4.69) is 15.2 Å². The molecule has 0 bridgehead atoms. The Morgan fingerprint density at radius 3 is 2.59 bits per heavy atom. The highest BCUT2D eigenvalue weighted by Crippen LogP contribution is 2.26. The van der Waals surface area contributed by atoms with Crippen LogP contribution in [0.3, 0.4) is 0 Å². The number of nitrogens with one attached hydrogen (secondary N) is 2. The Hall–Kier alpha value is -2.72. The van der Waals surface area contributed by atoms with E-state index in [9.17, 15) is 18.0 Å². The summed E-state index contributed by atoms with van der Waals surface area (Å²) in [6, 6.07) is 8.88. The first kappa shape index (κ1) is 23.9. The van der Waals surface area contributed by atoms with E-state index in [1.165, 1.54) is 13.8 Å². The number of amides is 2. The van der Waals surface area contributed by atoms with Crippen LogP contribution in [0.15, 0.2) is 39.8 Å². The lowest BCUT2D eigenvalue weighted by Gasteiger charge is -2.32. The van der Waals surface area contributed by atoms with Crippen LogP contribution < -0.4 is 10.0 Å². The van der Waals surface area contributed by atoms with Gasteiger partial charge in [0, 0.05) is 13.1 Å². The molecule has 2 N–H and O–H groups in total. The maximum absolute atomic E-state index is 13.3. The SMILES string of the molecule is Cc1noc(C)c1S(=O)(=O)NCC(=O)N1CCCCCCNC(=O)C[C@H]1c1ccccc1. The third-order valence-electron chi connectivity index (χ3n) is 5.56. The molecule has 3 rings (SSSR count). The zero-order valence-electron chi connectivity index (χ0n) is 18.5. The van der Waals surface area contributed by atoms with E-state index in [1.807, 2.05) is 30.3 Å². The summed E-state index contributed by atoms with van der Waals surface area (Å²) in [5.74, 6) is -0.354. The molecule has 0 radical (unpaired) electrons. The molecule has 1 aliphatic rings.